The third-order valence-electron chi connectivity index (χ3n) is 7.12. The van der Waals surface area contributed by atoms with E-state index in [-0.39, 0.29) is 24.8 Å². The summed E-state index contributed by atoms with van der Waals surface area (Å²) in [6, 6.07) is 8.13. The molecular formula is C22H18F4N4O3. The topological polar surface area (TPSA) is 101 Å². The molecule has 0 spiro atoms. The SMILES string of the molecule is O=C(O)c1ccc(C23CC(C(F)(F)[C@@](O)(Cn4cnnn4)c4ccc(F)cc4F)(C2)C3)cc1. The van der Waals surface area contributed by atoms with E-state index in [2.05, 4.69) is 15.5 Å². The zero-order chi connectivity index (χ0) is 23.6. The maximum atomic E-state index is 16.1. The van der Waals surface area contributed by atoms with Crippen LogP contribution < -0.4 is 0 Å². The van der Waals surface area contributed by atoms with Gasteiger partial charge in [-0.25, -0.2) is 27.0 Å². The van der Waals surface area contributed by atoms with Crippen LogP contribution in [0.15, 0.2) is 48.8 Å². The minimum Gasteiger partial charge on any atom is -0.478 e. The zero-order valence-corrected chi connectivity index (χ0v) is 17.1. The maximum absolute atomic E-state index is 16.1. The molecule has 0 aliphatic heterocycles. The van der Waals surface area contributed by atoms with Gasteiger partial charge in [0, 0.05) is 17.0 Å². The van der Waals surface area contributed by atoms with E-state index in [0.717, 1.165) is 28.7 Å². The van der Waals surface area contributed by atoms with Gasteiger partial charge >= 0.3 is 5.97 Å². The number of hydrogen-bond donors (Lipinski definition) is 2. The van der Waals surface area contributed by atoms with E-state index < -0.39 is 52.1 Å². The van der Waals surface area contributed by atoms with Crippen molar-refractivity contribution in [2.45, 2.75) is 42.7 Å². The summed E-state index contributed by atoms with van der Waals surface area (Å²) in [5.74, 6) is -7.15. The fraction of sp³-hybridized carbons (Fsp3) is 0.364. The highest BCUT2D eigenvalue weighted by molar-refractivity contribution is 5.87. The van der Waals surface area contributed by atoms with Crippen LogP contribution in [0.1, 0.15) is 40.7 Å². The van der Waals surface area contributed by atoms with Gasteiger partial charge in [-0.3, -0.25) is 0 Å². The van der Waals surface area contributed by atoms with E-state index in [1.807, 2.05) is 0 Å². The first-order valence-electron chi connectivity index (χ1n) is 10.1. The van der Waals surface area contributed by atoms with Gasteiger partial charge < -0.3 is 10.2 Å². The average Bonchev–Trinajstić information content (AvgIpc) is 3.18. The molecule has 2 N–H and O–H groups in total. The number of carbonyl (C=O) groups is 1. The Morgan fingerprint density at radius 2 is 1.76 bits per heavy atom. The minimum atomic E-state index is -3.81. The summed E-state index contributed by atoms with van der Waals surface area (Å²) < 4.78 is 61.1. The molecule has 0 radical (unpaired) electrons. The number of carboxylic acid groups (broad SMARTS) is 1. The molecule has 0 unspecified atom stereocenters. The Hall–Kier alpha value is -3.34. The van der Waals surface area contributed by atoms with E-state index in [4.69, 9.17) is 5.11 Å². The van der Waals surface area contributed by atoms with Gasteiger partial charge in [0.1, 0.15) is 18.0 Å². The number of aromatic carboxylic acids is 1. The second-order valence-electron chi connectivity index (χ2n) is 9.04. The normalized spacial score (nSPS) is 25.6. The molecule has 172 valence electrons. The summed E-state index contributed by atoms with van der Waals surface area (Å²) in [5.41, 5.74) is -5.12. The summed E-state index contributed by atoms with van der Waals surface area (Å²) in [6.45, 7) is -0.836. The molecule has 1 aromatic heterocycles. The van der Waals surface area contributed by atoms with Crippen LogP contribution in [0.2, 0.25) is 0 Å². The van der Waals surface area contributed by atoms with Crippen molar-refractivity contribution in [3.05, 3.63) is 77.1 Å². The number of halogens is 4. The molecule has 11 heteroatoms. The molecule has 6 rings (SSSR count). The predicted molar refractivity (Wildman–Crippen MR) is 104 cm³/mol. The molecule has 33 heavy (non-hydrogen) atoms. The number of aliphatic hydroxyl groups is 1. The van der Waals surface area contributed by atoms with Crippen LogP contribution in [0.4, 0.5) is 17.6 Å². The molecule has 2 aromatic carbocycles. The Labute approximate surface area is 184 Å². The standard InChI is InChI=1S/C22H18F4N4O3/c23-15-5-6-16(17(24)7-15)21(33,11-30-12-27-28-29-30)22(25,26)20-8-19(9-20,10-20)14-3-1-13(2-4-14)18(31)32/h1-7,12,33H,8-11H2,(H,31,32)/t19?,20?,21-/m1/s1. The van der Waals surface area contributed by atoms with Gasteiger partial charge in [-0.1, -0.05) is 12.1 Å². The number of tetrazole rings is 1. The van der Waals surface area contributed by atoms with E-state index in [1.54, 1.807) is 12.1 Å². The summed E-state index contributed by atoms with van der Waals surface area (Å²) in [4.78, 5) is 11.1. The average molecular weight is 462 g/mol. The highest BCUT2D eigenvalue weighted by atomic mass is 19.3. The summed E-state index contributed by atoms with van der Waals surface area (Å²) in [5, 5.41) is 30.7. The van der Waals surface area contributed by atoms with Crippen LogP contribution >= 0.6 is 0 Å². The molecular weight excluding hydrogens is 444 g/mol. The third-order valence-corrected chi connectivity index (χ3v) is 7.12. The number of hydrogen-bond acceptors (Lipinski definition) is 5. The molecule has 3 aromatic rings. The molecule has 3 aliphatic carbocycles. The number of alkyl halides is 2. The molecule has 2 bridgehead atoms. The van der Waals surface area contributed by atoms with Gasteiger partial charge in [0.2, 0.25) is 0 Å². The fourth-order valence-corrected chi connectivity index (χ4v) is 5.50. The Bertz CT molecular complexity index is 1210. The van der Waals surface area contributed by atoms with Crippen LogP contribution in [0.25, 0.3) is 0 Å². The minimum absolute atomic E-state index is 0.0279. The fourth-order valence-electron chi connectivity index (χ4n) is 5.50. The highest BCUT2D eigenvalue weighted by Gasteiger charge is 2.82. The summed E-state index contributed by atoms with van der Waals surface area (Å²) in [7, 11) is 0. The van der Waals surface area contributed by atoms with Crippen LogP contribution in [0.3, 0.4) is 0 Å². The summed E-state index contributed by atoms with van der Waals surface area (Å²) >= 11 is 0. The lowest BCUT2D eigenvalue weighted by Gasteiger charge is -2.74. The zero-order valence-electron chi connectivity index (χ0n) is 17.1. The highest BCUT2D eigenvalue weighted by Crippen LogP contribution is 2.80. The largest absolute Gasteiger partial charge is 0.478 e. The molecule has 1 atom stereocenters. The number of benzene rings is 2. The number of nitrogens with zero attached hydrogens (tertiary/aromatic N) is 4. The number of aromatic nitrogens is 4. The molecule has 0 saturated heterocycles. The Balaban J connectivity index is 1.48. The van der Waals surface area contributed by atoms with Crippen LogP contribution in [0, 0.1) is 17.0 Å². The van der Waals surface area contributed by atoms with Crippen molar-refractivity contribution in [2.24, 2.45) is 5.41 Å². The van der Waals surface area contributed by atoms with Crippen molar-refractivity contribution in [1.82, 2.24) is 20.2 Å². The first-order chi connectivity index (χ1) is 15.5. The van der Waals surface area contributed by atoms with Crippen molar-refractivity contribution < 1.29 is 32.6 Å². The smallest absolute Gasteiger partial charge is 0.335 e. The quantitative estimate of drug-likeness (QED) is 0.523. The van der Waals surface area contributed by atoms with Gasteiger partial charge in [-0.05, 0) is 64.9 Å². The van der Waals surface area contributed by atoms with Crippen molar-refractivity contribution in [2.75, 3.05) is 0 Å². The lowest BCUT2D eigenvalue weighted by molar-refractivity contribution is -0.347. The molecule has 3 saturated carbocycles. The van der Waals surface area contributed by atoms with Crippen LogP contribution in [-0.2, 0) is 17.6 Å². The lowest BCUT2D eigenvalue weighted by Crippen LogP contribution is -2.76. The maximum Gasteiger partial charge on any atom is 0.335 e. The van der Waals surface area contributed by atoms with Crippen LogP contribution in [-0.4, -0.2) is 42.3 Å². The van der Waals surface area contributed by atoms with Gasteiger partial charge in [-0.15, -0.1) is 5.10 Å². The second-order valence-corrected chi connectivity index (χ2v) is 9.04. The first-order valence-corrected chi connectivity index (χ1v) is 10.1. The Kier molecular flexibility index (Phi) is 4.45. The van der Waals surface area contributed by atoms with Crippen molar-refractivity contribution >= 4 is 5.97 Å². The Morgan fingerprint density at radius 1 is 1.09 bits per heavy atom. The van der Waals surface area contributed by atoms with E-state index in [1.165, 1.54) is 12.1 Å². The van der Waals surface area contributed by atoms with Crippen molar-refractivity contribution in [3.63, 3.8) is 0 Å². The van der Waals surface area contributed by atoms with E-state index in [0.29, 0.717) is 6.07 Å². The monoisotopic (exact) mass is 462 g/mol. The summed E-state index contributed by atoms with van der Waals surface area (Å²) in [6.07, 6.45) is 1.11. The van der Waals surface area contributed by atoms with Gasteiger partial charge in [0.25, 0.3) is 5.92 Å². The van der Waals surface area contributed by atoms with E-state index in [9.17, 15) is 18.7 Å². The second kappa shape index (κ2) is 6.83. The van der Waals surface area contributed by atoms with Crippen LogP contribution in [0.5, 0.6) is 0 Å². The van der Waals surface area contributed by atoms with Crippen molar-refractivity contribution in [1.29, 1.82) is 0 Å². The molecule has 1 heterocycles. The molecule has 0 amide bonds. The number of carboxylic acids is 1. The third kappa shape index (κ3) is 2.91. The number of rotatable bonds is 7. The first kappa shape index (κ1) is 21.5. The lowest BCUT2D eigenvalue weighted by atomic mass is 9.30. The van der Waals surface area contributed by atoms with Gasteiger partial charge in [-0.2, -0.15) is 0 Å². The van der Waals surface area contributed by atoms with E-state index >= 15 is 8.78 Å². The Morgan fingerprint density at radius 3 is 2.30 bits per heavy atom. The van der Waals surface area contributed by atoms with Gasteiger partial charge in [0.15, 0.2) is 5.60 Å². The molecule has 3 aliphatic rings. The molecule has 3 fully saturated rings. The van der Waals surface area contributed by atoms with Gasteiger partial charge in [0.05, 0.1) is 12.1 Å². The predicted octanol–water partition coefficient (Wildman–Crippen LogP) is 3.29. The molecule has 7 nitrogen and oxygen atoms in total. The van der Waals surface area contributed by atoms with Crippen molar-refractivity contribution in [3.8, 4) is 0 Å².